The van der Waals surface area contributed by atoms with Crippen LogP contribution >= 0.6 is 0 Å². The van der Waals surface area contributed by atoms with Crippen LogP contribution in [-0.4, -0.2) is 29.9 Å². The van der Waals surface area contributed by atoms with Crippen LogP contribution in [0.25, 0.3) is 6.08 Å². The van der Waals surface area contributed by atoms with Crippen molar-refractivity contribution < 1.29 is 28.6 Å². The lowest BCUT2D eigenvalue weighted by molar-refractivity contribution is -0.132. The number of fused-ring (bicyclic) bond motifs is 1. The van der Waals surface area contributed by atoms with E-state index in [9.17, 15) is 18.8 Å². The van der Waals surface area contributed by atoms with Crippen LogP contribution in [0.4, 0.5) is 10.1 Å². The molecule has 7 heteroatoms. The van der Waals surface area contributed by atoms with Crippen LogP contribution in [-0.2, 0) is 16.0 Å². The second-order valence-electron chi connectivity index (χ2n) is 5.65. The van der Waals surface area contributed by atoms with Crippen LogP contribution in [0.15, 0.2) is 42.0 Å². The second kappa shape index (κ2) is 6.79. The third-order valence-electron chi connectivity index (χ3n) is 3.99. The SMILES string of the molecule is CNc1cc(F)cc2c1CC(=O)C(C(=O)Oc1ccc(C(=O)O)cc1)=C2. The maximum Gasteiger partial charge on any atom is 0.347 e. The summed E-state index contributed by atoms with van der Waals surface area (Å²) >= 11 is 0. The number of hydrogen-bond donors (Lipinski definition) is 2. The quantitative estimate of drug-likeness (QED) is 0.498. The fourth-order valence-corrected chi connectivity index (χ4v) is 2.70. The van der Waals surface area contributed by atoms with Crippen LogP contribution in [0, 0.1) is 5.82 Å². The van der Waals surface area contributed by atoms with E-state index in [1.54, 1.807) is 7.05 Å². The van der Waals surface area contributed by atoms with Gasteiger partial charge in [0.15, 0.2) is 5.78 Å². The maximum absolute atomic E-state index is 13.7. The van der Waals surface area contributed by atoms with Crippen molar-refractivity contribution in [2.75, 3.05) is 12.4 Å². The summed E-state index contributed by atoms with van der Waals surface area (Å²) in [5.41, 5.74) is 1.39. The number of nitrogens with one attached hydrogen (secondary N) is 1. The Morgan fingerprint density at radius 1 is 1.19 bits per heavy atom. The van der Waals surface area contributed by atoms with Gasteiger partial charge in [-0.25, -0.2) is 14.0 Å². The van der Waals surface area contributed by atoms with Crippen molar-refractivity contribution in [1.29, 1.82) is 0 Å². The topological polar surface area (TPSA) is 92.7 Å². The molecule has 0 amide bonds. The number of carbonyl (C=O) groups is 3. The number of carboxylic acids is 1. The molecule has 0 unspecified atom stereocenters. The Bertz CT molecular complexity index is 947. The Morgan fingerprint density at radius 2 is 1.88 bits per heavy atom. The third kappa shape index (κ3) is 3.32. The fraction of sp³-hybridized carbons (Fsp3) is 0.105. The number of ketones is 1. The predicted molar refractivity (Wildman–Crippen MR) is 91.7 cm³/mol. The van der Waals surface area contributed by atoms with Gasteiger partial charge < -0.3 is 15.2 Å². The first kappa shape index (κ1) is 17.3. The average Bonchev–Trinajstić information content (AvgIpc) is 2.61. The summed E-state index contributed by atoms with van der Waals surface area (Å²) in [5, 5.41) is 11.7. The molecule has 0 aromatic heterocycles. The Hall–Kier alpha value is -3.48. The number of benzene rings is 2. The first-order valence-electron chi connectivity index (χ1n) is 7.69. The number of Topliss-reactive ketones (excluding diaryl/α,β-unsaturated/α-hetero) is 1. The number of rotatable bonds is 4. The standard InChI is InChI=1S/C19H14FNO5/c1-21-16-8-12(20)6-11-7-15(17(22)9-14(11)16)19(25)26-13-4-2-10(3-5-13)18(23)24/h2-8,21H,9H2,1H3,(H,23,24). The molecule has 6 nitrogen and oxygen atoms in total. The van der Waals surface area contributed by atoms with Crippen LogP contribution in [0.5, 0.6) is 5.75 Å². The van der Waals surface area contributed by atoms with E-state index in [0.29, 0.717) is 16.8 Å². The summed E-state index contributed by atoms with van der Waals surface area (Å²) in [4.78, 5) is 35.4. The highest BCUT2D eigenvalue weighted by atomic mass is 19.1. The molecular formula is C19H14FNO5. The zero-order valence-corrected chi connectivity index (χ0v) is 13.7. The molecule has 1 aliphatic rings. The summed E-state index contributed by atoms with van der Waals surface area (Å²) in [6.45, 7) is 0. The highest BCUT2D eigenvalue weighted by Crippen LogP contribution is 2.30. The molecule has 2 N–H and O–H groups in total. The van der Waals surface area contributed by atoms with E-state index in [4.69, 9.17) is 9.84 Å². The predicted octanol–water partition coefficient (Wildman–Crippen LogP) is 2.68. The Balaban J connectivity index is 1.88. The van der Waals surface area contributed by atoms with Crippen molar-refractivity contribution in [2.45, 2.75) is 6.42 Å². The van der Waals surface area contributed by atoms with Crippen molar-refractivity contribution in [3.8, 4) is 5.75 Å². The molecule has 0 bridgehead atoms. The van der Waals surface area contributed by atoms with E-state index in [-0.39, 0.29) is 23.3 Å². The van der Waals surface area contributed by atoms with E-state index >= 15 is 0 Å². The minimum atomic E-state index is -1.10. The Labute approximate surface area is 147 Å². The number of carbonyl (C=O) groups excluding carboxylic acids is 2. The van der Waals surface area contributed by atoms with Gasteiger partial charge >= 0.3 is 11.9 Å². The lowest BCUT2D eigenvalue weighted by Gasteiger charge is -2.18. The summed E-state index contributed by atoms with van der Waals surface area (Å²) in [5.74, 6) is -2.80. The smallest absolute Gasteiger partial charge is 0.347 e. The number of ether oxygens (including phenoxy) is 1. The highest BCUT2D eigenvalue weighted by molar-refractivity contribution is 6.23. The minimum Gasteiger partial charge on any atom is -0.478 e. The molecule has 0 fully saturated rings. The van der Waals surface area contributed by atoms with Gasteiger partial charge in [0.2, 0.25) is 0 Å². The molecule has 26 heavy (non-hydrogen) atoms. The number of hydrogen-bond acceptors (Lipinski definition) is 5. The van der Waals surface area contributed by atoms with Gasteiger partial charge in [-0.3, -0.25) is 4.79 Å². The molecule has 0 aliphatic heterocycles. The molecule has 0 saturated carbocycles. The van der Waals surface area contributed by atoms with Gasteiger partial charge in [0.1, 0.15) is 17.1 Å². The summed E-state index contributed by atoms with van der Waals surface area (Å²) in [6.07, 6.45) is 1.25. The molecule has 132 valence electrons. The summed E-state index contributed by atoms with van der Waals surface area (Å²) < 4.78 is 18.8. The monoisotopic (exact) mass is 355 g/mol. The molecule has 0 atom stereocenters. The van der Waals surface area contributed by atoms with Gasteiger partial charge in [0, 0.05) is 19.2 Å². The number of anilines is 1. The van der Waals surface area contributed by atoms with Gasteiger partial charge in [-0.15, -0.1) is 0 Å². The molecule has 0 saturated heterocycles. The van der Waals surface area contributed by atoms with Gasteiger partial charge in [0.25, 0.3) is 0 Å². The molecule has 2 aromatic carbocycles. The molecule has 3 rings (SSSR count). The van der Waals surface area contributed by atoms with Crippen molar-refractivity contribution in [1.82, 2.24) is 0 Å². The zero-order chi connectivity index (χ0) is 18.8. The molecule has 1 aliphatic carbocycles. The molecule has 0 radical (unpaired) electrons. The highest BCUT2D eigenvalue weighted by Gasteiger charge is 2.27. The Kier molecular flexibility index (Phi) is 4.53. The molecule has 0 heterocycles. The minimum absolute atomic E-state index is 0.0433. The zero-order valence-electron chi connectivity index (χ0n) is 13.7. The second-order valence-corrected chi connectivity index (χ2v) is 5.65. The number of esters is 1. The van der Waals surface area contributed by atoms with E-state index in [1.165, 1.54) is 42.5 Å². The number of carboxylic acid groups (broad SMARTS) is 1. The van der Waals surface area contributed by atoms with Crippen molar-refractivity contribution in [2.24, 2.45) is 0 Å². The maximum atomic E-state index is 13.7. The van der Waals surface area contributed by atoms with Crippen molar-refractivity contribution in [3.63, 3.8) is 0 Å². The van der Waals surface area contributed by atoms with Crippen molar-refractivity contribution in [3.05, 3.63) is 64.5 Å². The van der Waals surface area contributed by atoms with Crippen LogP contribution in [0.3, 0.4) is 0 Å². The van der Waals surface area contributed by atoms with Gasteiger partial charge in [0.05, 0.1) is 5.56 Å². The largest absolute Gasteiger partial charge is 0.478 e. The normalized spacial score (nSPS) is 12.8. The van der Waals surface area contributed by atoms with E-state index in [1.807, 2.05) is 0 Å². The van der Waals surface area contributed by atoms with Crippen LogP contribution < -0.4 is 10.1 Å². The van der Waals surface area contributed by atoms with Crippen molar-refractivity contribution >= 4 is 29.5 Å². The molecule has 0 spiro atoms. The number of halogens is 1. The molecular weight excluding hydrogens is 341 g/mol. The number of aromatic carboxylic acids is 1. The van der Waals surface area contributed by atoms with E-state index in [0.717, 1.165) is 0 Å². The first-order valence-corrected chi connectivity index (χ1v) is 7.69. The van der Waals surface area contributed by atoms with Gasteiger partial charge in [-0.1, -0.05) is 0 Å². The van der Waals surface area contributed by atoms with Crippen LogP contribution in [0.2, 0.25) is 0 Å². The van der Waals surface area contributed by atoms with E-state index in [2.05, 4.69) is 5.32 Å². The Morgan fingerprint density at radius 3 is 2.50 bits per heavy atom. The third-order valence-corrected chi connectivity index (χ3v) is 3.99. The van der Waals surface area contributed by atoms with Gasteiger partial charge in [-0.05, 0) is 53.6 Å². The van der Waals surface area contributed by atoms with E-state index < -0.39 is 23.5 Å². The average molecular weight is 355 g/mol. The lowest BCUT2D eigenvalue weighted by atomic mass is 9.89. The summed E-state index contributed by atoms with van der Waals surface area (Å²) in [7, 11) is 1.62. The first-order chi connectivity index (χ1) is 12.4. The fourth-order valence-electron chi connectivity index (χ4n) is 2.70. The molecule has 2 aromatic rings. The van der Waals surface area contributed by atoms with Crippen LogP contribution in [0.1, 0.15) is 21.5 Å². The summed E-state index contributed by atoms with van der Waals surface area (Å²) in [6, 6.07) is 7.74. The van der Waals surface area contributed by atoms with Gasteiger partial charge in [-0.2, -0.15) is 0 Å². The lowest BCUT2D eigenvalue weighted by Crippen LogP contribution is -2.23.